The number of nitrogens with zero attached hydrogens (tertiary/aromatic N) is 2. The summed E-state index contributed by atoms with van der Waals surface area (Å²) in [5.74, 6) is 0. The molecule has 0 fully saturated rings. The molecule has 0 N–H and O–H groups in total. The molecule has 0 aliphatic rings. The van der Waals surface area contributed by atoms with Gasteiger partial charge in [0.2, 0.25) is 0 Å². The molecule has 2 aromatic rings. The van der Waals surface area contributed by atoms with Gasteiger partial charge in [-0.05, 0) is 19.1 Å². The molecule has 16 heavy (non-hydrogen) atoms. The van der Waals surface area contributed by atoms with Gasteiger partial charge in [-0.25, -0.2) is 4.98 Å². The minimum absolute atomic E-state index is 0.442. The summed E-state index contributed by atoms with van der Waals surface area (Å²) in [6, 6.07) is 10.2. The van der Waals surface area contributed by atoms with Crippen LogP contribution in [0.2, 0.25) is 0 Å². The number of rotatable bonds is 2. The largest absolute Gasteiger partial charge is 0.241 e. The lowest BCUT2D eigenvalue weighted by molar-refractivity contribution is 1.18. The predicted octanol–water partition coefficient (Wildman–Crippen LogP) is 3.95. The number of aromatic nitrogens is 1. The number of thiazole rings is 1. The van der Waals surface area contributed by atoms with E-state index in [1.165, 1.54) is 0 Å². The van der Waals surface area contributed by atoms with Crippen molar-refractivity contribution in [1.82, 2.24) is 4.98 Å². The van der Waals surface area contributed by atoms with Crippen LogP contribution in [0.4, 0.5) is 0 Å². The Morgan fingerprint density at radius 3 is 3.00 bits per heavy atom. The summed E-state index contributed by atoms with van der Waals surface area (Å²) in [5, 5.41) is 9.67. The van der Waals surface area contributed by atoms with Gasteiger partial charge in [-0.1, -0.05) is 28.1 Å². The summed E-state index contributed by atoms with van der Waals surface area (Å²) < 4.78 is 1.04. The van der Waals surface area contributed by atoms with E-state index in [9.17, 15) is 0 Å². The molecule has 1 aromatic carbocycles. The standard InChI is InChI=1S/C12H9BrN2S/c1-8-11(5-6-14)16-12(15-8)9-3-2-4-10(13)7-9/h2-4,7H,5H2,1H3. The molecule has 2 rings (SSSR count). The molecule has 0 aliphatic heterocycles. The third-order valence-corrected chi connectivity index (χ3v) is 3.90. The molecule has 0 bridgehead atoms. The minimum Gasteiger partial charge on any atom is -0.241 e. The number of aryl methyl sites for hydroxylation is 1. The van der Waals surface area contributed by atoms with Crippen molar-refractivity contribution < 1.29 is 0 Å². The first kappa shape index (κ1) is 11.3. The normalized spacial score (nSPS) is 10.1. The van der Waals surface area contributed by atoms with Gasteiger partial charge in [0.25, 0.3) is 0 Å². The van der Waals surface area contributed by atoms with Crippen LogP contribution in [0.1, 0.15) is 10.6 Å². The van der Waals surface area contributed by atoms with Gasteiger partial charge in [-0.2, -0.15) is 5.26 Å². The fraction of sp³-hybridized carbons (Fsp3) is 0.167. The molecular formula is C12H9BrN2S. The summed E-state index contributed by atoms with van der Waals surface area (Å²) in [6.07, 6.45) is 0.442. The van der Waals surface area contributed by atoms with Gasteiger partial charge in [0.1, 0.15) is 5.01 Å². The van der Waals surface area contributed by atoms with Gasteiger partial charge in [-0.3, -0.25) is 0 Å². The second-order valence-corrected chi connectivity index (χ2v) is 5.37. The highest BCUT2D eigenvalue weighted by Gasteiger charge is 2.08. The third kappa shape index (κ3) is 2.31. The van der Waals surface area contributed by atoms with E-state index in [4.69, 9.17) is 5.26 Å². The van der Waals surface area contributed by atoms with Crippen molar-refractivity contribution in [3.63, 3.8) is 0 Å². The third-order valence-electron chi connectivity index (χ3n) is 2.20. The second kappa shape index (κ2) is 4.77. The van der Waals surface area contributed by atoms with Gasteiger partial charge < -0.3 is 0 Å². The maximum absolute atomic E-state index is 8.69. The number of hydrogen-bond acceptors (Lipinski definition) is 3. The van der Waals surface area contributed by atoms with Crippen LogP contribution in [0.25, 0.3) is 10.6 Å². The van der Waals surface area contributed by atoms with Crippen LogP contribution in [0, 0.1) is 18.3 Å². The lowest BCUT2D eigenvalue weighted by Crippen LogP contribution is -1.80. The number of benzene rings is 1. The van der Waals surface area contributed by atoms with Gasteiger partial charge in [0, 0.05) is 14.9 Å². The zero-order chi connectivity index (χ0) is 11.5. The maximum Gasteiger partial charge on any atom is 0.123 e. The van der Waals surface area contributed by atoms with Crippen molar-refractivity contribution in [3.8, 4) is 16.6 Å². The fourth-order valence-electron chi connectivity index (χ4n) is 1.41. The summed E-state index contributed by atoms with van der Waals surface area (Å²) in [6.45, 7) is 1.95. The molecule has 4 heteroatoms. The topological polar surface area (TPSA) is 36.7 Å². The quantitative estimate of drug-likeness (QED) is 0.840. The molecule has 0 amide bonds. The zero-order valence-electron chi connectivity index (χ0n) is 8.70. The Balaban J connectivity index is 2.42. The highest BCUT2D eigenvalue weighted by atomic mass is 79.9. The molecule has 2 nitrogen and oxygen atoms in total. The molecule has 0 radical (unpaired) electrons. The van der Waals surface area contributed by atoms with Crippen molar-refractivity contribution in [2.24, 2.45) is 0 Å². The Morgan fingerprint density at radius 2 is 2.31 bits per heavy atom. The van der Waals surface area contributed by atoms with E-state index in [1.807, 2.05) is 31.2 Å². The van der Waals surface area contributed by atoms with E-state index < -0.39 is 0 Å². The Kier molecular flexibility index (Phi) is 3.37. The Bertz CT molecular complexity index is 554. The van der Waals surface area contributed by atoms with Crippen LogP contribution in [-0.4, -0.2) is 4.98 Å². The summed E-state index contributed by atoms with van der Waals surface area (Å²) in [7, 11) is 0. The first-order chi connectivity index (χ1) is 7.70. The van der Waals surface area contributed by atoms with E-state index in [-0.39, 0.29) is 0 Å². The SMILES string of the molecule is Cc1nc(-c2cccc(Br)c2)sc1CC#N. The summed E-state index contributed by atoms with van der Waals surface area (Å²) in [5.41, 5.74) is 2.05. The second-order valence-electron chi connectivity index (χ2n) is 3.37. The molecule has 0 saturated heterocycles. The Morgan fingerprint density at radius 1 is 1.50 bits per heavy atom. The highest BCUT2D eigenvalue weighted by molar-refractivity contribution is 9.10. The maximum atomic E-state index is 8.69. The van der Waals surface area contributed by atoms with Crippen LogP contribution >= 0.6 is 27.3 Å². The van der Waals surface area contributed by atoms with E-state index in [1.54, 1.807) is 11.3 Å². The van der Waals surface area contributed by atoms with Crippen molar-refractivity contribution in [2.75, 3.05) is 0 Å². The van der Waals surface area contributed by atoms with E-state index >= 15 is 0 Å². The first-order valence-corrected chi connectivity index (χ1v) is 6.41. The van der Waals surface area contributed by atoms with Crippen molar-refractivity contribution in [3.05, 3.63) is 39.3 Å². The van der Waals surface area contributed by atoms with Crippen LogP contribution in [0.3, 0.4) is 0 Å². The number of nitriles is 1. The van der Waals surface area contributed by atoms with Gasteiger partial charge in [0.15, 0.2) is 0 Å². The van der Waals surface area contributed by atoms with Crippen LogP contribution in [-0.2, 0) is 6.42 Å². The smallest absolute Gasteiger partial charge is 0.123 e. The van der Waals surface area contributed by atoms with Crippen molar-refractivity contribution in [2.45, 2.75) is 13.3 Å². The molecule has 80 valence electrons. The Hall–Kier alpha value is -1.18. The lowest BCUT2D eigenvalue weighted by atomic mass is 10.2. The van der Waals surface area contributed by atoms with Crippen LogP contribution < -0.4 is 0 Å². The van der Waals surface area contributed by atoms with E-state index in [0.29, 0.717) is 6.42 Å². The summed E-state index contributed by atoms with van der Waals surface area (Å²) in [4.78, 5) is 5.54. The average molecular weight is 293 g/mol. The van der Waals surface area contributed by atoms with Crippen molar-refractivity contribution >= 4 is 27.3 Å². The molecule has 0 aliphatic carbocycles. The van der Waals surface area contributed by atoms with Gasteiger partial charge in [-0.15, -0.1) is 11.3 Å². The molecule has 1 heterocycles. The minimum atomic E-state index is 0.442. The van der Waals surface area contributed by atoms with Crippen LogP contribution in [0.5, 0.6) is 0 Å². The Labute approximate surface area is 107 Å². The van der Waals surface area contributed by atoms with Gasteiger partial charge in [0.05, 0.1) is 18.2 Å². The predicted molar refractivity (Wildman–Crippen MR) is 69.3 cm³/mol. The van der Waals surface area contributed by atoms with E-state index in [2.05, 4.69) is 27.0 Å². The van der Waals surface area contributed by atoms with Crippen molar-refractivity contribution in [1.29, 1.82) is 5.26 Å². The monoisotopic (exact) mass is 292 g/mol. The average Bonchev–Trinajstić information content (AvgIpc) is 2.61. The summed E-state index contributed by atoms with van der Waals surface area (Å²) >= 11 is 5.03. The molecule has 0 spiro atoms. The molecule has 0 unspecified atom stereocenters. The van der Waals surface area contributed by atoms with E-state index in [0.717, 1.165) is 25.6 Å². The zero-order valence-corrected chi connectivity index (χ0v) is 11.1. The number of halogens is 1. The number of hydrogen-bond donors (Lipinski definition) is 0. The highest BCUT2D eigenvalue weighted by Crippen LogP contribution is 2.29. The lowest BCUT2D eigenvalue weighted by Gasteiger charge is -1.95. The molecule has 0 atom stereocenters. The fourth-order valence-corrected chi connectivity index (χ4v) is 2.80. The molecule has 0 saturated carbocycles. The molecular weight excluding hydrogens is 284 g/mol. The van der Waals surface area contributed by atoms with Crippen LogP contribution in [0.15, 0.2) is 28.7 Å². The molecule has 1 aromatic heterocycles. The first-order valence-electron chi connectivity index (χ1n) is 4.80. The van der Waals surface area contributed by atoms with Gasteiger partial charge >= 0.3 is 0 Å².